The van der Waals surface area contributed by atoms with E-state index in [0.29, 0.717) is 12.3 Å². The van der Waals surface area contributed by atoms with Crippen LogP contribution < -0.4 is 11.2 Å². The molecular weight excluding hydrogens is 442 g/mol. The van der Waals surface area contributed by atoms with Gasteiger partial charge in [0.25, 0.3) is 5.56 Å². The van der Waals surface area contributed by atoms with E-state index in [-0.39, 0.29) is 24.3 Å². The number of benzene rings is 1. The predicted molar refractivity (Wildman–Crippen MR) is 123 cm³/mol. The van der Waals surface area contributed by atoms with Crippen molar-refractivity contribution in [3.63, 3.8) is 0 Å². The molecule has 4 aromatic rings. The van der Waals surface area contributed by atoms with Gasteiger partial charge in [-0.25, -0.2) is 4.79 Å². The number of carbonyl (C=O) groups is 2. The molecule has 0 fully saturated rings. The van der Waals surface area contributed by atoms with E-state index in [1.165, 1.54) is 25.5 Å². The third kappa shape index (κ3) is 4.00. The summed E-state index contributed by atoms with van der Waals surface area (Å²) in [6.07, 6.45) is 0.815. The van der Waals surface area contributed by atoms with Crippen LogP contribution in [0.3, 0.4) is 0 Å². The van der Waals surface area contributed by atoms with Crippen molar-refractivity contribution in [2.24, 2.45) is 7.05 Å². The average Bonchev–Trinajstić information content (AvgIpc) is 3.35. The van der Waals surface area contributed by atoms with Crippen LogP contribution in [0.5, 0.6) is 0 Å². The van der Waals surface area contributed by atoms with E-state index in [1.54, 1.807) is 4.40 Å². The maximum absolute atomic E-state index is 13.5. The minimum atomic E-state index is -1.01. The zero-order valence-electron chi connectivity index (χ0n) is 19.3. The van der Waals surface area contributed by atoms with Crippen LogP contribution in [0, 0.1) is 0 Å². The highest BCUT2D eigenvalue weighted by atomic mass is 16.6. The third-order valence-corrected chi connectivity index (χ3v) is 5.52. The van der Waals surface area contributed by atoms with Gasteiger partial charge in [-0.3, -0.25) is 27.9 Å². The second-order valence-electron chi connectivity index (χ2n) is 7.87. The summed E-state index contributed by atoms with van der Waals surface area (Å²) >= 11 is 0. The smallest absolute Gasteiger partial charge is 0.332 e. The van der Waals surface area contributed by atoms with Crippen molar-refractivity contribution in [1.82, 2.24) is 23.1 Å². The fourth-order valence-electron chi connectivity index (χ4n) is 4.03. The highest BCUT2D eigenvalue weighted by Crippen LogP contribution is 2.25. The molecule has 3 aromatic heterocycles. The van der Waals surface area contributed by atoms with E-state index in [4.69, 9.17) is 9.47 Å². The quantitative estimate of drug-likeness (QED) is 0.376. The first-order chi connectivity index (χ1) is 16.2. The van der Waals surface area contributed by atoms with E-state index >= 15 is 0 Å². The Kier molecular flexibility index (Phi) is 6.10. The van der Waals surface area contributed by atoms with Crippen molar-refractivity contribution < 1.29 is 19.1 Å². The first kappa shape index (κ1) is 23.0. The molecule has 0 bridgehead atoms. The number of ether oxygens (including phenoxy) is 2. The van der Waals surface area contributed by atoms with Gasteiger partial charge in [0.2, 0.25) is 5.78 Å². The Morgan fingerprint density at radius 1 is 1.06 bits per heavy atom. The zero-order valence-corrected chi connectivity index (χ0v) is 19.3. The van der Waals surface area contributed by atoms with E-state index in [1.807, 2.05) is 48.0 Å². The molecule has 11 nitrogen and oxygen atoms in total. The number of fused-ring (bicyclic) bond motifs is 3. The minimum Gasteiger partial charge on any atom is -0.462 e. The van der Waals surface area contributed by atoms with Gasteiger partial charge in [0.05, 0.1) is 12.2 Å². The molecule has 0 unspecified atom stereocenters. The third-order valence-electron chi connectivity index (χ3n) is 5.52. The molecule has 11 heteroatoms. The molecule has 4 rings (SSSR count). The molecule has 0 aliphatic rings. The standard InChI is InChI=1S/C23H25N5O6/c1-5-26-18(16-9-7-6-8-10-16)12-27-19-20(24-22(26)27)25(4)23(32)28(21(19)31)11-17(34-15(3)30)13-33-14(2)29/h6-10,12,17H,5,11,13H2,1-4H3/t17-/m0/s1. The normalized spacial score (nSPS) is 12.2. The molecule has 0 N–H and O–H groups in total. The van der Waals surface area contributed by atoms with E-state index < -0.39 is 29.3 Å². The summed E-state index contributed by atoms with van der Waals surface area (Å²) in [6.45, 7) is 4.43. The second kappa shape index (κ2) is 9.00. The van der Waals surface area contributed by atoms with Crippen LogP contribution in [0.25, 0.3) is 28.2 Å². The Morgan fingerprint density at radius 3 is 2.38 bits per heavy atom. The number of imidazole rings is 2. The van der Waals surface area contributed by atoms with Crippen LogP contribution in [-0.2, 0) is 39.2 Å². The molecule has 0 amide bonds. The molecule has 0 saturated carbocycles. The molecule has 0 spiro atoms. The fraction of sp³-hybridized carbons (Fsp3) is 0.348. The summed E-state index contributed by atoms with van der Waals surface area (Å²) in [6, 6.07) is 9.72. The highest BCUT2D eigenvalue weighted by Gasteiger charge is 2.24. The number of carbonyl (C=O) groups excluding carboxylic acids is 2. The molecule has 178 valence electrons. The van der Waals surface area contributed by atoms with Crippen LogP contribution in [0.1, 0.15) is 20.8 Å². The topological polar surface area (TPSA) is 119 Å². The molecule has 34 heavy (non-hydrogen) atoms. The lowest BCUT2D eigenvalue weighted by atomic mass is 10.2. The van der Waals surface area contributed by atoms with Gasteiger partial charge in [-0.15, -0.1) is 0 Å². The molecule has 1 aromatic carbocycles. The highest BCUT2D eigenvalue weighted by molar-refractivity contribution is 5.78. The minimum absolute atomic E-state index is 0.218. The van der Waals surface area contributed by atoms with Gasteiger partial charge >= 0.3 is 17.6 Å². The van der Waals surface area contributed by atoms with E-state index in [0.717, 1.165) is 15.8 Å². The number of aryl methyl sites for hydroxylation is 2. The number of aromatic nitrogens is 5. The first-order valence-corrected chi connectivity index (χ1v) is 10.8. The lowest BCUT2D eigenvalue weighted by molar-refractivity contribution is -0.157. The van der Waals surface area contributed by atoms with Crippen molar-refractivity contribution in [3.8, 4) is 11.3 Å². The van der Waals surface area contributed by atoms with E-state index in [9.17, 15) is 19.2 Å². The summed E-state index contributed by atoms with van der Waals surface area (Å²) < 4.78 is 16.0. The van der Waals surface area contributed by atoms with Crippen LogP contribution >= 0.6 is 0 Å². The summed E-state index contributed by atoms with van der Waals surface area (Å²) in [5.41, 5.74) is 1.09. The number of hydrogen-bond acceptors (Lipinski definition) is 7. The first-order valence-electron chi connectivity index (χ1n) is 10.8. The van der Waals surface area contributed by atoms with Crippen molar-refractivity contribution in [1.29, 1.82) is 0 Å². The Labute approximate surface area is 193 Å². The summed E-state index contributed by atoms with van der Waals surface area (Å²) in [7, 11) is 1.52. The molecule has 0 aliphatic heterocycles. The number of esters is 2. The largest absolute Gasteiger partial charge is 0.462 e. The van der Waals surface area contributed by atoms with Crippen molar-refractivity contribution >= 4 is 28.9 Å². The average molecular weight is 467 g/mol. The van der Waals surface area contributed by atoms with Crippen LogP contribution in [0.4, 0.5) is 0 Å². The van der Waals surface area contributed by atoms with Gasteiger partial charge in [0.15, 0.2) is 17.3 Å². The van der Waals surface area contributed by atoms with Gasteiger partial charge in [-0.2, -0.15) is 4.98 Å². The second-order valence-corrected chi connectivity index (χ2v) is 7.87. The van der Waals surface area contributed by atoms with Gasteiger partial charge in [-0.05, 0) is 12.5 Å². The van der Waals surface area contributed by atoms with Gasteiger partial charge in [-0.1, -0.05) is 30.3 Å². The Morgan fingerprint density at radius 2 is 1.76 bits per heavy atom. The number of nitrogens with zero attached hydrogens (tertiary/aromatic N) is 5. The summed E-state index contributed by atoms with van der Waals surface area (Å²) in [4.78, 5) is 53.9. The Balaban J connectivity index is 1.90. The molecular formula is C23H25N5O6. The van der Waals surface area contributed by atoms with Gasteiger partial charge in [0, 0.05) is 33.6 Å². The van der Waals surface area contributed by atoms with Gasteiger partial charge < -0.3 is 14.0 Å². The molecule has 0 radical (unpaired) electrons. The molecule has 1 atom stereocenters. The van der Waals surface area contributed by atoms with Crippen molar-refractivity contribution in [2.45, 2.75) is 40.0 Å². The number of rotatable bonds is 7. The zero-order chi connectivity index (χ0) is 24.6. The van der Waals surface area contributed by atoms with Crippen LogP contribution in [-0.4, -0.2) is 47.7 Å². The summed E-state index contributed by atoms with van der Waals surface area (Å²) in [5, 5.41) is 0. The predicted octanol–water partition coefficient (Wildman–Crippen LogP) is 1.33. The molecule has 0 aliphatic carbocycles. The SMILES string of the molecule is CCn1c(-c2ccccc2)cn2c3c(=O)n(C[C@@H](COC(C)=O)OC(C)=O)c(=O)n(C)c3nc12. The Hall–Kier alpha value is -4.15. The Bertz CT molecular complexity index is 1510. The van der Waals surface area contributed by atoms with Gasteiger partial charge in [0.1, 0.15) is 6.61 Å². The maximum atomic E-state index is 13.5. The summed E-state index contributed by atoms with van der Waals surface area (Å²) in [5.74, 6) is -0.667. The fourth-order valence-corrected chi connectivity index (χ4v) is 4.03. The molecule has 0 saturated heterocycles. The monoisotopic (exact) mass is 467 g/mol. The van der Waals surface area contributed by atoms with E-state index in [2.05, 4.69) is 4.98 Å². The van der Waals surface area contributed by atoms with Crippen LogP contribution in [0.2, 0.25) is 0 Å². The van der Waals surface area contributed by atoms with Crippen molar-refractivity contribution in [2.75, 3.05) is 6.61 Å². The van der Waals surface area contributed by atoms with Crippen LogP contribution in [0.15, 0.2) is 46.1 Å². The lowest BCUT2D eigenvalue weighted by Gasteiger charge is -2.18. The number of hydrogen-bond donors (Lipinski definition) is 0. The maximum Gasteiger partial charge on any atom is 0.332 e. The molecule has 3 heterocycles. The lowest BCUT2D eigenvalue weighted by Crippen LogP contribution is -2.43. The van der Waals surface area contributed by atoms with Crippen molar-refractivity contribution in [3.05, 3.63) is 57.4 Å².